The van der Waals surface area contributed by atoms with Gasteiger partial charge in [0, 0.05) is 24.0 Å². The molecule has 0 aliphatic carbocycles. The SMILES string of the molecule is COc1ccc(S(=O)(=O)N2CCCCCC2)cc1C(=O)NCc1nc(-c2ccccc2)cs1. The van der Waals surface area contributed by atoms with Gasteiger partial charge in [0.2, 0.25) is 10.0 Å². The summed E-state index contributed by atoms with van der Waals surface area (Å²) in [5.74, 6) is -0.0809. The Kier molecular flexibility index (Phi) is 7.42. The van der Waals surface area contributed by atoms with E-state index in [2.05, 4.69) is 10.3 Å². The average Bonchev–Trinajstić information content (AvgIpc) is 3.14. The number of nitrogens with one attached hydrogen (secondary N) is 1. The van der Waals surface area contributed by atoms with Gasteiger partial charge in [-0.05, 0) is 31.0 Å². The van der Waals surface area contributed by atoms with Crippen molar-refractivity contribution >= 4 is 27.3 Å². The van der Waals surface area contributed by atoms with Crippen LogP contribution < -0.4 is 10.1 Å². The van der Waals surface area contributed by atoms with Crippen molar-refractivity contribution in [3.05, 3.63) is 64.5 Å². The van der Waals surface area contributed by atoms with Crippen LogP contribution in [0.25, 0.3) is 11.3 Å². The van der Waals surface area contributed by atoms with Crippen LogP contribution in [0.1, 0.15) is 41.0 Å². The number of methoxy groups -OCH3 is 1. The monoisotopic (exact) mass is 485 g/mol. The maximum absolute atomic E-state index is 13.2. The number of rotatable bonds is 7. The van der Waals surface area contributed by atoms with Crippen molar-refractivity contribution in [3.8, 4) is 17.0 Å². The van der Waals surface area contributed by atoms with Crippen LogP contribution in [0.3, 0.4) is 0 Å². The quantitative estimate of drug-likeness (QED) is 0.539. The normalized spacial score (nSPS) is 15.1. The van der Waals surface area contributed by atoms with Crippen LogP contribution in [0, 0.1) is 0 Å². The van der Waals surface area contributed by atoms with Crippen LogP contribution in [0.5, 0.6) is 5.75 Å². The molecular formula is C24H27N3O4S2. The summed E-state index contributed by atoms with van der Waals surface area (Å²) in [7, 11) is -2.21. The van der Waals surface area contributed by atoms with Crippen LogP contribution in [-0.4, -0.2) is 43.8 Å². The van der Waals surface area contributed by atoms with Crippen molar-refractivity contribution in [2.24, 2.45) is 0 Å². The highest BCUT2D eigenvalue weighted by molar-refractivity contribution is 7.89. The van der Waals surface area contributed by atoms with E-state index in [9.17, 15) is 13.2 Å². The van der Waals surface area contributed by atoms with Gasteiger partial charge in [0.1, 0.15) is 10.8 Å². The third-order valence-electron chi connectivity index (χ3n) is 5.64. The number of aromatic nitrogens is 1. The lowest BCUT2D eigenvalue weighted by Gasteiger charge is -2.20. The molecule has 0 bridgehead atoms. The number of sulfonamides is 1. The first-order chi connectivity index (χ1) is 16.0. The number of amides is 1. The van der Waals surface area contributed by atoms with Gasteiger partial charge in [0.25, 0.3) is 5.91 Å². The maximum atomic E-state index is 13.2. The Morgan fingerprint density at radius 3 is 2.52 bits per heavy atom. The molecule has 1 N–H and O–H groups in total. The molecule has 0 spiro atoms. The largest absolute Gasteiger partial charge is 0.496 e. The third-order valence-corrected chi connectivity index (χ3v) is 8.38. The van der Waals surface area contributed by atoms with E-state index >= 15 is 0 Å². The molecular weight excluding hydrogens is 458 g/mol. The summed E-state index contributed by atoms with van der Waals surface area (Å²) in [4.78, 5) is 17.7. The van der Waals surface area contributed by atoms with Crippen molar-refractivity contribution in [1.29, 1.82) is 0 Å². The molecule has 1 amide bonds. The van der Waals surface area contributed by atoms with E-state index < -0.39 is 15.9 Å². The summed E-state index contributed by atoms with van der Waals surface area (Å²) >= 11 is 1.46. The Morgan fingerprint density at radius 2 is 1.82 bits per heavy atom. The number of carbonyl (C=O) groups is 1. The Labute approximate surface area is 198 Å². The van der Waals surface area contributed by atoms with E-state index in [-0.39, 0.29) is 17.0 Å². The lowest BCUT2D eigenvalue weighted by Crippen LogP contribution is -2.32. The minimum Gasteiger partial charge on any atom is -0.496 e. The van der Waals surface area contributed by atoms with Gasteiger partial charge in [0.15, 0.2) is 0 Å². The average molecular weight is 486 g/mol. The van der Waals surface area contributed by atoms with E-state index in [0.29, 0.717) is 18.8 Å². The first kappa shape index (κ1) is 23.4. The fourth-order valence-electron chi connectivity index (χ4n) is 3.84. The molecule has 1 aliphatic heterocycles. The molecule has 0 saturated carbocycles. The predicted molar refractivity (Wildman–Crippen MR) is 129 cm³/mol. The third kappa shape index (κ3) is 5.43. The van der Waals surface area contributed by atoms with Gasteiger partial charge in [0.05, 0.1) is 29.8 Å². The second kappa shape index (κ2) is 10.5. The van der Waals surface area contributed by atoms with E-state index in [0.717, 1.165) is 41.9 Å². The number of hydrogen-bond acceptors (Lipinski definition) is 6. The van der Waals surface area contributed by atoms with Gasteiger partial charge < -0.3 is 10.1 Å². The zero-order valence-corrected chi connectivity index (χ0v) is 20.1. The molecule has 1 saturated heterocycles. The highest BCUT2D eigenvalue weighted by Gasteiger charge is 2.27. The lowest BCUT2D eigenvalue weighted by atomic mass is 10.2. The van der Waals surface area contributed by atoms with Crippen LogP contribution in [0.2, 0.25) is 0 Å². The number of hydrogen-bond donors (Lipinski definition) is 1. The van der Waals surface area contributed by atoms with Crippen molar-refractivity contribution < 1.29 is 17.9 Å². The molecule has 0 radical (unpaired) electrons. The molecule has 0 unspecified atom stereocenters. The standard InChI is InChI=1S/C24H27N3O4S2/c1-31-22-12-11-19(33(29,30)27-13-7-2-3-8-14-27)15-20(22)24(28)25-16-23-26-21(17-32-23)18-9-5-4-6-10-18/h4-6,9-12,15,17H,2-3,7-8,13-14,16H2,1H3,(H,25,28). The first-order valence-electron chi connectivity index (χ1n) is 11.0. The molecule has 7 nitrogen and oxygen atoms in total. The summed E-state index contributed by atoms with van der Waals surface area (Å²) in [6, 6.07) is 14.3. The van der Waals surface area contributed by atoms with Crippen molar-refractivity contribution in [3.63, 3.8) is 0 Å². The van der Waals surface area contributed by atoms with E-state index in [1.807, 2.05) is 35.7 Å². The highest BCUT2D eigenvalue weighted by atomic mass is 32.2. The zero-order valence-electron chi connectivity index (χ0n) is 18.5. The van der Waals surface area contributed by atoms with Crippen LogP contribution in [0.4, 0.5) is 0 Å². The van der Waals surface area contributed by atoms with Crippen molar-refractivity contribution in [2.75, 3.05) is 20.2 Å². The van der Waals surface area contributed by atoms with Crippen molar-refractivity contribution in [1.82, 2.24) is 14.6 Å². The van der Waals surface area contributed by atoms with Gasteiger partial charge in [-0.3, -0.25) is 4.79 Å². The molecule has 0 atom stereocenters. The molecule has 3 aromatic rings. The van der Waals surface area contributed by atoms with Gasteiger partial charge >= 0.3 is 0 Å². The number of thiazole rings is 1. The van der Waals surface area contributed by atoms with E-state index in [1.165, 1.54) is 41.0 Å². The smallest absolute Gasteiger partial charge is 0.255 e. The first-order valence-corrected chi connectivity index (χ1v) is 13.3. The lowest BCUT2D eigenvalue weighted by molar-refractivity contribution is 0.0947. The molecule has 174 valence electrons. The number of nitrogens with zero attached hydrogens (tertiary/aromatic N) is 2. The summed E-state index contributed by atoms with van der Waals surface area (Å²) in [5, 5.41) is 5.55. The molecule has 2 heterocycles. The predicted octanol–water partition coefficient (Wildman–Crippen LogP) is 4.31. The number of ether oxygens (including phenoxy) is 1. The fourth-order valence-corrected chi connectivity index (χ4v) is 6.13. The Balaban J connectivity index is 1.51. The molecule has 1 aliphatic rings. The molecule has 1 fully saturated rings. The van der Waals surface area contributed by atoms with E-state index in [1.54, 1.807) is 0 Å². The molecule has 1 aromatic heterocycles. The topological polar surface area (TPSA) is 88.6 Å². The van der Waals surface area contributed by atoms with Crippen molar-refractivity contribution in [2.45, 2.75) is 37.1 Å². The molecule has 9 heteroatoms. The van der Waals surface area contributed by atoms with Gasteiger partial charge in [-0.15, -0.1) is 11.3 Å². The summed E-state index contributed by atoms with van der Waals surface area (Å²) in [5.41, 5.74) is 2.06. The second-order valence-electron chi connectivity index (χ2n) is 7.86. The zero-order chi connectivity index (χ0) is 23.3. The summed E-state index contributed by atoms with van der Waals surface area (Å²) < 4.78 is 33.2. The van der Waals surface area contributed by atoms with Crippen LogP contribution in [0.15, 0.2) is 58.8 Å². The minimum absolute atomic E-state index is 0.107. The number of carbonyl (C=O) groups excluding carboxylic acids is 1. The minimum atomic E-state index is -3.67. The summed E-state index contributed by atoms with van der Waals surface area (Å²) in [6.45, 7) is 1.25. The molecule has 2 aromatic carbocycles. The Morgan fingerprint density at radius 1 is 1.09 bits per heavy atom. The second-order valence-corrected chi connectivity index (χ2v) is 10.7. The Hall–Kier alpha value is -2.75. The van der Waals surface area contributed by atoms with Gasteiger partial charge in [-0.25, -0.2) is 13.4 Å². The summed E-state index contributed by atoms with van der Waals surface area (Å²) in [6.07, 6.45) is 3.76. The number of benzene rings is 2. The van der Waals surface area contributed by atoms with Gasteiger partial charge in [-0.1, -0.05) is 43.2 Å². The van der Waals surface area contributed by atoms with Gasteiger partial charge in [-0.2, -0.15) is 4.31 Å². The molecule has 4 rings (SSSR count). The fraction of sp³-hybridized carbons (Fsp3) is 0.333. The van der Waals surface area contributed by atoms with E-state index in [4.69, 9.17) is 4.74 Å². The van der Waals surface area contributed by atoms with Crippen LogP contribution in [-0.2, 0) is 16.6 Å². The maximum Gasteiger partial charge on any atom is 0.255 e. The van der Waals surface area contributed by atoms with Crippen LogP contribution >= 0.6 is 11.3 Å². The highest BCUT2D eigenvalue weighted by Crippen LogP contribution is 2.27. The molecule has 33 heavy (non-hydrogen) atoms. The Bertz CT molecular complexity index is 1200.